The molecule has 2 atom stereocenters. The van der Waals surface area contributed by atoms with Crippen LogP contribution in [0.2, 0.25) is 5.02 Å². The second kappa shape index (κ2) is 6.91. The van der Waals surface area contributed by atoms with Crippen molar-refractivity contribution in [2.75, 3.05) is 5.32 Å². The van der Waals surface area contributed by atoms with Gasteiger partial charge in [0.25, 0.3) is 5.91 Å². The summed E-state index contributed by atoms with van der Waals surface area (Å²) in [5.74, 6) is 0.656. The largest absolute Gasteiger partial charge is 0.478 e. The third-order valence-electron chi connectivity index (χ3n) is 3.96. The summed E-state index contributed by atoms with van der Waals surface area (Å²) < 4.78 is 5.79. The van der Waals surface area contributed by atoms with Crippen molar-refractivity contribution in [3.05, 3.63) is 45.1 Å². The molecule has 2 heterocycles. The molecule has 2 unspecified atom stereocenters. The van der Waals surface area contributed by atoms with Gasteiger partial charge in [0.05, 0.1) is 10.7 Å². The molecule has 2 aromatic rings. The number of carbonyl (C=O) groups is 1. The molecule has 4 nitrogen and oxygen atoms in total. The van der Waals surface area contributed by atoms with Crippen molar-refractivity contribution in [1.29, 1.82) is 0 Å². The molecule has 0 saturated carbocycles. The van der Waals surface area contributed by atoms with Gasteiger partial charge in [-0.05, 0) is 42.5 Å². The lowest BCUT2D eigenvalue weighted by Crippen LogP contribution is -2.36. The standard InChI is InChI=1S/C17H19ClN2O2S/c1-3-14-17(21)20-13-5-4-11(8-15(13)22-14)10(2)19-9-16-12(18)6-7-23-16/h4-8,10,14,19H,3,9H2,1-2H3,(H,20,21). The highest BCUT2D eigenvalue weighted by atomic mass is 35.5. The Balaban J connectivity index is 1.71. The lowest BCUT2D eigenvalue weighted by atomic mass is 10.1. The highest BCUT2D eigenvalue weighted by molar-refractivity contribution is 7.10. The molecule has 0 spiro atoms. The number of hydrogen-bond acceptors (Lipinski definition) is 4. The molecular weight excluding hydrogens is 332 g/mol. The maximum absolute atomic E-state index is 11.8. The van der Waals surface area contributed by atoms with Crippen molar-refractivity contribution in [2.45, 2.75) is 39.0 Å². The summed E-state index contributed by atoms with van der Waals surface area (Å²) in [4.78, 5) is 12.9. The molecule has 122 valence electrons. The van der Waals surface area contributed by atoms with Gasteiger partial charge in [-0.2, -0.15) is 0 Å². The number of carbonyl (C=O) groups excluding carboxylic acids is 1. The van der Waals surface area contributed by atoms with Crippen molar-refractivity contribution < 1.29 is 9.53 Å². The van der Waals surface area contributed by atoms with Crippen molar-refractivity contribution in [1.82, 2.24) is 5.32 Å². The fraction of sp³-hybridized carbons (Fsp3) is 0.353. The zero-order chi connectivity index (χ0) is 16.4. The van der Waals surface area contributed by atoms with E-state index in [4.69, 9.17) is 16.3 Å². The molecule has 0 radical (unpaired) electrons. The molecule has 0 bridgehead atoms. The maximum atomic E-state index is 11.8. The smallest absolute Gasteiger partial charge is 0.265 e. The molecular formula is C17H19ClN2O2S. The van der Waals surface area contributed by atoms with E-state index in [9.17, 15) is 4.79 Å². The van der Waals surface area contributed by atoms with Gasteiger partial charge in [-0.1, -0.05) is 24.6 Å². The molecule has 6 heteroatoms. The Labute approximate surface area is 144 Å². The molecule has 0 saturated heterocycles. The van der Waals surface area contributed by atoms with Gasteiger partial charge in [0.15, 0.2) is 6.10 Å². The van der Waals surface area contributed by atoms with E-state index in [-0.39, 0.29) is 11.9 Å². The predicted octanol–water partition coefficient (Wildman–Crippen LogP) is 4.36. The Morgan fingerprint density at radius 3 is 2.96 bits per heavy atom. The van der Waals surface area contributed by atoms with E-state index in [2.05, 4.69) is 17.6 Å². The number of ether oxygens (including phenoxy) is 1. The number of halogens is 1. The van der Waals surface area contributed by atoms with Gasteiger partial charge in [0.1, 0.15) is 5.75 Å². The van der Waals surface area contributed by atoms with E-state index in [1.165, 1.54) is 0 Å². The molecule has 1 aliphatic rings. The van der Waals surface area contributed by atoms with Crippen molar-refractivity contribution in [3.8, 4) is 5.75 Å². The fourth-order valence-corrected chi connectivity index (χ4v) is 3.57. The third-order valence-corrected chi connectivity index (χ3v) is 5.34. The minimum Gasteiger partial charge on any atom is -0.478 e. The summed E-state index contributed by atoms with van der Waals surface area (Å²) in [6, 6.07) is 7.95. The number of thiophene rings is 1. The molecule has 0 fully saturated rings. The highest BCUT2D eigenvalue weighted by Crippen LogP contribution is 2.33. The predicted molar refractivity (Wildman–Crippen MR) is 94.4 cm³/mol. The van der Waals surface area contributed by atoms with Crippen molar-refractivity contribution >= 4 is 34.5 Å². The monoisotopic (exact) mass is 350 g/mol. The topological polar surface area (TPSA) is 50.4 Å². The van der Waals surface area contributed by atoms with Gasteiger partial charge in [-0.25, -0.2) is 0 Å². The number of benzene rings is 1. The van der Waals surface area contributed by atoms with Crippen LogP contribution in [-0.2, 0) is 11.3 Å². The van der Waals surface area contributed by atoms with E-state index >= 15 is 0 Å². The highest BCUT2D eigenvalue weighted by Gasteiger charge is 2.26. The van der Waals surface area contributed by atoms with Gasteiger partial charge in [0, 0.05) is 17.5 Å². The first kappa shape index (κ1) is 16.3. The lowest BCUT2D eigenvalue weighted by molar-refractivity contribution is -0.123. The quantitative estimate of drug-likeness (QED) is 0.842. The normalized spacial score (nSPS) is 18.0. The first-order valence-corrected chi connectivity index (χ1v) is 8.91. The SMILES string of the molecule is CCC1Oc2cc(C(C)NCc3sccc3Cl)ccc2NC1=O. The van der Waals surface area contributed by atoms with Crippen LogP contribution in [0.4, 0.5) is 5.69 Å². The van der Waals surface area contributed by atoms with Crippen LogP contribution < -0.4 is 15.4 Å². The number of hydrogen-bond donors (Lipinski definition) is 2. The summed E-state index contributed by atoms with van der Waals surface area (Å²) in [6.45, 7) is 4.76. The van der Waals surface area contributed by atoms with Crippen molar-refractivity contribution in [3.63, 3.8) is 0 Å². The van der Waals surface area contributed by atoms with Gasteiger partial charge >= 0.3 is 0 Å². The molecule has 0 aliphatic carbocycles. The van der Waals surface area contributed by atoms with Crippen LogP contribution in [0.3, 0.4) is 0 Å². The molecule has 1 aromatic carbocycles. The van der Waals surface area contributed by atoms with Gasteiger partial charge in [-0.3, -0.25) is 4.79 Å². The van der Waals surface area contributed by atoms with Gasteiger partial charge in [0.2, 0.25) is 0 Å². The lowest BCUT2D eigenvalue weighted by Gasteiger charge is -2.26. The van der Waals surface area contributed by atoms with E-state index in [0.717, 1.165) is 33.4 Å². The van der Waals surface area contributed by atoms with E-state index < -0.39 is 6.10 Å². The van der Waals surface area contributed by atoms with Crippen LogP contribution in [0, 0.1) is 0 Å². The Hall–Kier alpha value is -1.56. The Kier molecular flexibility index (Phi) is 4.90. The summed E-state index contributed by atoms with van der Waals surface area (Å²) >= 11 is 7.77. The minimum absolute atomic E-state index is 0.0775. The summed E-state index contributed by atoms with van der Waals surface area (Å²) in [7, 11) is 0. The Morgan fingerprint density at radius 1 is 1.43 bits per heavy atom. The maximum Gasteiger partial charge on any atom is 0.265 e. The first-order valence-electron chi connectivity index (χ1n) is 7.65. The van der Waals surface area contributed by atoms with Gasteiger partial charge in [-0.15, -0.1) is 11.3 Å². The van der Waals surface area contributed by atoms with Crippen LogP contribution >= 0.6 is 22.9 Å². The molecule has 2 N–H and O–H groups in total. The van der Waals surface area contributed by atoms with E-state index in [0.29, 0.717) is 6.42 Å². The molecule has 3 rings (SSSR count). The number of nitrogens with one attached hydrogen (secondary N) is 2. The minimum atomic E-state index is -0.411. The third kappa shape index (κ3) is 3.52. The average molecular weight is 351 g/mol. The van der Waals surface area contributed by atoms with Gasteiger partial charge < -0.3 is 15.4 Å². The summed E-state index contributed by atoms with van der Waals surface area (Å²) in [5, 5.41) is 9.15. The summed E-state index contributed by atoms with van der Waals surface area (Å²) in [5.41, 5.74) is 1.85. The summed E-state index contributed by atoms with van der Waals surface area (Å²) in [6.07, 6.45) is 0.242. The zero-order valence-electron chi connectivity index (χ0n) is 13.1. The van der Waals surface area contributed by atoms with Crippen LogP contribution in [0.15, 0.2) is 29.6 Å². The fourth-order valence-electron chi connectivity index (χ4n) is 2.51. The zero-order valence-corrected chi connectivity index (χ0v) is 14.6. The van der Waals surface area contributed by atoms with Crippen molar-refractivity contribution in [2.24, 2.45) is 0 Å². The molecule has 1 amide bonds. The number of rotatable bonds is 5. The Morgan fingerprint density at radius 2 is 2.26 bits per heavy atom. The Bertz CT molecular complexity index is 716. The molecule has 1 aromatic heterocycles. The first-order chi connectivity index (χ1) is 11.1. The number of amides is 1. The van der Waals surface area contributed by atoms with Crippen LogP contribution in [0.5, 0.6) is 5.75 Å². The number of fused-ring (bicyclic) bond motifs is 1. The second-order valence-corrected chi connectivity index (χ2v) is 6.96. The number of anilines is 1. The van der Waals surface area contributed by atoms with E-state index in [1.54, 1.807) is 11.3 Å². The molecule has 1 aliphatic heterocycles. The van der Waals surface area contributed by atoms with Crippen LogP contribution in [0.1, 0.15) is 36.8 Å². The van der Waals surface area contributed by atoms with Crippen LogP contribution in [0.25, 0.3) is 0 Å². The van der Waals surface area contributed by atoms with Crippen LogP contribution in [-0.4, -0.2) is 12.0 Å². The second-order valence-electron chi connectivity index (χ2n) is 5.55. The molecule has 23 heavy (non-hydrogen) atoms. The average Bonchev–Trinajstić information content (AvgIpc) is 2.96. The van der Waals surface area contributed by atoms with E-state index in [1.807, 2.05) is 36.6 Å².